The summed E-state index contributed by atoms with van der Waals surface area (Å²) >= 11 is 0. The number of nitrogens with zero attached hydrogens (tertiary/aromatic N) is 2. The fraction of sp³-hybridized carbons (Fsp3) is 0.538. The first-order chi connectivity index (χ1) is 10.2. The van der Waals surface area contributed by atoms with Gasteiger partial charge in [0.15, 0.2) is 5.75 Å². The number of piperazine rings is 1. The molecule has 0 saturated carbocycles. The van der Waals surface area contributed by atoms with Gasteiger partial charge in [-0.3, -0.25) is 15.0 Å². The van der Waals surface area contributed by atoms with E-state index >= 15 is 0 Å². The number of nitro groups is 1. The maximum Gasteiger partial charge on any atom is 0.408 e. The van der Waals surface area contributed by atoms with Crippen molar-refractivity contribution < 1.29 is 23.2 Å². The average Bonchev–Trinajstić information content (AvgIpc) is 2.41. The highest BCUT2D eigenvalue weighted by Gasteiger charge is 2.47. The Morgan fingerprint density at radius 2 is 1.83 bits per heavy atom. The Labute approximate surface area is 149 Å². The lowest BCUT2D eigenvalue weighted by atomic mass is 9.99. The molecule has 0 unspecified atom stereocenters. The Balaban J connectivity index is 0.00000264. The molecule has 0 spiro atoms. The van der Waals surface area contributed by atoms with Crippen LogP contribution in [0.15, 0.2) is 12.1 Å². The molecule has 2 rings (SSSR count). The summed E-state index contributed by atoms with van der Waals surface area (Å²) in [7, 11) is 0. The number of alkyl halides is 3. The molecular formula is C13H18Cl2F3N3O3. The van der Waals surface area contributed by atoms with Crippen molar-refractivity contribution in [1.29, 1.82) is 0 Å². The first-order valence-corrected chi connectivity index (χ1v) is 6.72. The number of rotatable bonds is 3. The number of benzene rings is 1. The first-order valence-electron chi connectivity index (χ1n) is 6.72. The molecule has 0 radical (unpaired) electrons. The van der Waals surface area contributed by atoms with Gasteiger partial charge in [-0.1, -0.05) is 12.1 Å². The summed E-state index contributed by atoms with van der Waals surface area (Å²) in [6.07, 6.45) is -4.64. The molecule has 24 heavy (non-hydrogen) atoms. The summed E-state index contributed by atoms with van der Waals surface area (Å²) in [5.41, 5.74) is -1.04. The molecular weight excluding hydrogens is 374 g/mol. The molecule has 6 nitrogen and oxygen atoms in total. The van der Waals surface area contributed by atoms with Gasteiger partial charge in [-0.05, 0) is 6.92 Å². The number of hydrogen-bond acceptors (Lipinski definition) is 5. The summed E-state index contributed by atoms with van der Waals surface area (Å²) < 4.78 is 40.4. The smallest absolute Gasteiger partial charge is 0.408 e. The van der Waals surface area contributed by atoms with E-state index in [2.05, 4.69) is 5.32 Å². The van der Waals surface area contributed by atoms with Gasteiger partial charge < -0.3 is 10.4 Å². The number of aromatic hydroxyl groups is 1. The van der Waals surface area contributed by atoms with E-state index in [1.165, 1.54) is 17.9 Å². The zero-order valence-corrected chi connectivity index (χ0v) is 14.3. The molecule has 11 heteroatoms. The Morgan fingerprint density at radius 1 is 1.29 bits per heavy atom. The van der Waals surface area contributed by atoms with Gasteiger partial charge in [0, 0.05) is 37.3 Å². The second kappa shape index (κ2) is 8.70. The highest BCUT2D eigenvalue weighted by molar-refractivity contribution is 5.85. The van der Waals surface area contributed by atoms with Gasteiger partial charge in [0.25, 0.3) is 0 Å². The third-order valence-corrected chi connectivity index (χ3v) is 3.69. The lowest BCUT2D eigenvalue weighted by molar-refractivity contribution is -0.386. The molecule has 1 atom stereocenters. The quantitative estimate of drug-likeness (QED) is 0.611. The van der Waals surface area contributed by atoms with Gasteiger partial charge in [0.2, 0.25) is 0 Å². The maximum atomic E-state index is 13.5. The van der Waals surface area contributed by atoms with Crippen molar-refractivity contribution in [2.24, 2.45) is 0 Å². The highest BCUT2D eigenvalue weighted by Crippen LogP contribution is 2.45. The van der Waals surface area contributed by atoms with Crippen LogP contribution >= 0.6 is 24.8 Å². The molecule has 1 aromatic rings. The summed E-state index contributed by atoms with van der Waals surface area (Å²) in [6, 6.07) is 0.278. The summed E-state index contributed by atoms with van der Waals surface area (Å²) in [5.74, 6) is -0.911. The maximum absolute atomic E-state index is 13.5. The Kier molecular flexibility index (Phi) is 8.24. The van der Waals surface area contributed by atoms with Crippen LogP contribution in [-0.4, -0.2) is 47.3 Å². The van der Waals surface area contributed by atoms with E-state index in [9.17, 15) is 28.4 Å². The van der Waals surface area contributed by atoms with Gasteiger partial charge in [0.05, 0.1) is 4.92 Å². The predicted octanol–water partition coefficient (Wildman–Crippen LogP) is 2.96. The summed E-state index contributed by atoms with van der Waals surface area (Å²) in [4.78, 5) is 11.3. The van der Waals surface area contributed by atoms with Crippen molar-refractivity contribution in [3.05, 3.63) is 33.4 Å². The molecule has 2 N–H and O–H groups in total. The van der Waals surface area contributed by atoms with Crippen LogP contribution in [0.1, 0.15) is 17.2 Å². The second-order valence-electron chi connectivity index (χ2n) is 5.16. The van der Waals surface area contributed by atoms with Gasteiger partial charge in [0.1, 0.15) is 6.04 Å². The van der Waals surface area contributed by atoms with Crippen molar-refractivity contribution in [2.45, 2.75) is 19.1 Å². The minimum Gasteiger partial charge on any atom is -0.502 e. The minimum absolute atomic E-state index is 0. The van der Waals surface area contributed by atoms with Crippen molar-refractivity contribution in [2.75, 3.05) is 26.2 Å². The molecule has 0 aromatic heterocycles. The molecule has 0 bridgehead atoms. The van der Waals surface area contributed by atoms with Gasteiger partial charge in [-0.25, -0.2) is 0 Å². The lowest BCUT2D eigenvalue weighted by Gasteiger charge is -2.36. The van der Waals surface area contributed by atoms with E-state index in [-0.39, 0.29) is 43.5 Å². The number of aryl methyl sites for hydroxylation is 1. The Bertz CT molecular complexity index is 582. The number of halogens is 5. The van der Waals surface area contributed by atoms with Crippen molar-refractivity contribution in [3.63, 3.8) is 0 Å². The number of hydrogen-bond donors (Lipinski definition) is 2. The molecule has 1 fully saturated rings. The SMILES string of the molecule is Cc1ccc([C@H](N2CCNCC2)C(F)(F)F)c(O)c1[N+](=O)[O-].Cl.Cl. The summed E-state index contributed by atoms with van der Waals surface area (Å²) in [6.45, 7) is 2.44. The average molecular weight is 392 g/mol. The van der Waals surface area contributed by atoms with Gasteiger partial charge >= 0.3 is 11.9 Å². The van der Waals surface area contributed by atoms with Crippen LogP contribution in [0.5, 0.6) is 5.75 Å². The summed E-state index contributed by atoms with van der Waals surface area (Å²) in [5, 5.41) is 24.0. The van der Waals surface area contributed by atoms with Crippen LogP contribution in [0.3, 0.4) is 0 Å². The van der Waals surface area contributed by atoms with Crippen LogP contribution in [0.2, 0.25) is 0 Å². The number of phenolic OH excluding ortho intramolecular Hbond substituents is 1. The normalized spacial score (nSPS) is 16.7. The number of phenols is 1. The molecule has 1 aliphatic rings. The fourth-order valence-electron chi connectivity index (χ4n) is 2.67. The number of nitro benzene ring substituents is 1. The molecule has 1 heterocycles. The van der Waals surface area contributed by atoms with E-state index in [0.29, 0.717) is 13.1 Å². The van der Waals surface area contributed by atoms with E-state index in [1.807, 2.05) is 0 Å². The topological polar surface area (TPSA) is 78.6 Å². The van der Waals surface area contributed by atoms with Gasteiger partial charge in [-0.2, -0.15) is 13.2 Å². The van der Waals surface area contributed by atoms with Crippen LogP contribution in [0.25, 0.3) is 0 Å². The lowest BCUT2D eigenvalue weighted by Crippen LogP contribution is -2.49. The van der Waals surface area contributed by atoms with E-state index in [4.69, 9.17) is 0 Å². The number of nitrogens with one attached hydrogen (secondary N) is 1. The van der Waals surface area contributed by atoms with E-state index < -0.39 is 34.1 Å². The molecule has 1 saturated heterocycles. The monoisotopic (exact) mass is 391 g/mol. The standard InChI is InChI=1S/C13H16F3N3O3.2ClH/c1-8-2-3-9(11(20)10(8)19(21)22)12(13(14,15)16)18-6-4-17-5-7-18;;/h2-3,12,17,20H,4-7H2,1H3;2*1H/t12-;;/m0../s1. The van der Waals surface area contributed by atoms with E-state index in [0.717, 1.165) is 6.07 Å². The zero-order valence-electron chi connectivity index (χ0n) is 12.7. The second-order valence-corrected chi connectivity index (χ2v) is 5.16. The Hall–Kier alpha value is -1.29. The van der Waals surface area contributed by atoms with Crippen LogP contribution < -0.4 is 5.32 Å². The van der Waals surface area contributed by atoms with Gasteiger partial charge in [-0.15, -0.1) is 24.8 Å². The Morgan fingerprint density at radius 3 is 2.29 bits per heavy atom. The molecule has 0 aliphatic carbocycles. The van der Waals surface area contributed by atoms with Crippen molar-refractivity contribution in [1.82, 2.24) is 10.2 Å². The van der Waals surface area contributed by atoms with E-state index in [1.54, 1.807) is 0 Å². The van der Waals surface area contributed by atoms with Crippen molar-refractivity contribution in [3.8, 4) is 5.75 Å². The van der Waals surface area contributed by atoms with Crippen LogP contribution in [-0.2, 0) is 0 Å². The largest absolute Gasteiger partial charge is 0.502 e. The minimum atomic E-state index is -4.64. The first kappa shape index (κ1) is 22.7. The highest BCUT2D eigenvalue weighted by atomic mass is 35.5. The third-order valence-electron chi connectivity index (χ3n) is 3.69. The fourth-order valence-corrected chi connectivity index (χ4v) is 2.67. The molecule has 1 aliphatic heterocycles. The van der Waals surface area contributed by atoms with Crippen LogP contribution in [0.4, 0.5) is 18.9 Å². The molecule has 138 valence electrons. The van der Waals surface area contributed by atoms with Crippen LogP contribution in [0, 0.1) is 17.0 Å². The van der Waals surface area contributed by atoms with Crippen molar-refractivity contribution >= 4 is 30.5 Å². The molecule has 1 aromatic carbocycles. The molecule has 0 amide bonds. The zero-order chi connectivity index (χ0) is 16.5. The predicted molar refractivity (Wildman–Crippen MR) is 87.2 cm³/mol. The third kappa shape index (κ3) is 4.62.